The molecule has 0 N–H and O–H groups in total. The van der Waals surface area contributed by atoms with Crippen LogP contribution >= 0.6 is 0 Å². The number of hydrogen-bond acceptors (Lipinski definition) is 6. The summed E-state index contributed by atoms with van der Waals surface area (Å²) in [7, 11) is 0. The normalized spacial score (nSPS) is 12.1. The van der Waals surface area contributed by atoms with Gasteiger partial charge in [0.2, 0.25) is 0 Å². The van der Waals surface area contributed by atoms with E-state index in [-0.39, 0.29) is 31.1 Å². The highest BCUT2D eigenvalue weighted by atomic mass is 16.6. The minimum absolute atomic E-state index is 0.0731. The van der Waals surface area contributed by atoms with Crippen LogP contribution in [0.4, 0.5) is 0 Å². The summed E-state index contributed by atoms with van der Waals surface area (Å²) in [5.74, 6) is -0.882. The Kier molecular flexibility index (Phi) is 61.6. The van der Waals surface area contributed by atoms with E-state index in [1.807, 2.05) is 0 Å². The second-order valence-corrected chi connectivity index (χ2v) is 22.7. The lowest BCUT2D eigenvalue weighted by Crippen LogP contribution is -2.30. The van der Waals surface area contributed by atoms with Crippen molar-refractivity contribution < 1.29 is 28.6 Å². The van der Waals surface area contributed by atoms with E-state index in [4.69, 9.17) is 14.2 Å². The lowest BCUT2D eigenvalue weighted by atomic mass is 10.0. The third kappa shape index (κ3) is 60.8. The number of rotatable bonds is 62. The summed E-state index contributed by atoms with van der Waals surface area (Å²) < 4.78 is 16.7. The lowest BCUT2D eigenvalue weighted by Gasteiger charge is -2.18. The number of unbranched alkanes of at least 4 members (excludes halogenated alkanes) is 47. The molecule has 0 aromatic rings. The van der Waals surface area contributed by atoms with Gasteiger partial charge in [-0.3, -0.25) is 14.4 Å². The van der Waals surface area contributed by atoms with Crippen molar-refractivity contribution in [1.29, 1.82) is 0 Å². The van der Waals surface area contributed by atoms with Crippen LogP contribution in [-0.4, -0.2) is 37.2 Å². The van der Waals surface area contributed by atoms with Crippen LogP contribution in [0.3, 0.4) is 0 Å². The molecule has 1 unspecified atom stereocenters. The molecule has 6 nitrogen and oxygen atoms in total. The van der Waals surface area contributed by atoms with Crippen molar-refractivity contribution in [2.45, 2.75) is 380 Å². The number of esters is 3. The van der Waals surface area contributed by atoms with E-state index in [1.54, 1.807) is 0 Å². The van der Waals surface area contributed by atoms with E-state index < -0.39 is 6.10 Å². The molecule has 0 aromatic heterocycles. The number of hydrogen-bond donors (Lipinski definition) is 0. The van der Waals surface area contributed by atoms with E-state index >= 15 is 0 Å². The molecule has 0 radical (unpaired) electrons. The first kappa shape index (κ1) is 71.9. The molecule has 0 saturated heterocycles. The van der Waals surface area contributed by atoms with Gasteiger partial charge in [0, 0.05) is 19.3 Å². The van der Waals surface area contributed by atoms with E-state index in [1.165, 1.54) is 250 Å². The quantitative estimate of drug-likeness (QED) is 0.0261. The average Bonchev–Trinajstić information content (AvgIpc) is 3.40. The van der Waals surface area contributed by atoms with Crippen LogP contribution in [0.25, 0.3) is 0 Å². The Bertz CT molecular complexity index is 1190. The SMILES string of the molecule is CCCCCC/C=C\C/C=C\CCCCCCCC(=O)OC(COC(=O)CCCCCCC)COC(=O)CCCCCCCCCCCCCCCCCCCCCCCCCCCCCCCCCCCCC. The van der Waals surface area contributed by atoms with Crippen molar-refractivity contribution in [3.8, 4) is 0 Å². The van der Waals surface area contributed by atoms with Crippen LogP contribution in [-0.2, 0) is 28.6 Å². The van der Waals surface area contributed by atoms with E-state index in [0.717, 1.165) is 83.5 Å². The average molecular weight is 1040 g/mol. The van der Waals surface area contributed by atoms with E-state index in [2.05, 4.69) is 45.1 Å². The van der Waals surface area contributed by atoms with E-state index in [9.17, 15) is 14.4 Å². The van der Waals surface area contributed by atoms with Gasteiger partial charge in [-0.25, -0.2) is 0 Å². The van der Waals surface area contributed by atoms with Crippen LogP contribution in [0.1, 0.15) is 374 Å². The Labute approximate surface area is 462 Å². The van der Waals surface area contributed by atoms with Crippen LogP contribution in [0.5, 0.6) is 0 Å². The van der Waals surface area contributed by atoms with Crippen LogP contribution in [0.15, 0.2) is 24.3 Å². The zero-order valence-corrected chi connectivity index (χ0v) is 50.1. The topological polar surface area (TPSA) is 78.9 Å². The number of allylic oxidation sites excluding steroid dienone is 4. The fourth-order valence-corrected chi connectivity index (χ4v) is 10.2. The first-order valence-corrected chi connectivity index (χ1v) is 33.3. The van der Waals surface area contributed by atoms with Gasteiger partial charge in [-0.15, -0.1) is 0 Å². The molecule has 0 saturated carbocycles. The Morgan fingerprint density at radius 3 is 0.757 bits per heavy atom. The van der Waals surface area contributed by atoms with Crippen molar-refractivity contribution in [3.63, 3.8) is 0 Å². The van der Waals surface area contributed by atoms with Crippen molar-refractivity contribution in [1.82, 2.24) is 0 Å². The number of ether oxygens (including phenoxy) is 3. The van der Waals surface area contributed by atoms with Crippen LogP contribution in [0, 0.1) is 0 Å². The zero-order valence-electron chi connectivity index (χ0n) is 50.1. The predicted molar refractivity (Wildman–Crippen MR) is 321 cm³/mol. The van der Waals surface area contributed by atoms with Gasteiger partial charge in [0.25, 0.3) is 0 Å². The van der Waals surface area contributed by atoms with Crippen LogP contribution in [0.2, 0.25) is 0 Å². The summed E-state index contributed by atoms with van der Waals surface area (Å²) >= 11 is 0. The molecule has 0 aliphatic heterocycles. The molecule has 436 valence electrons. The van der Waals surface area contributed by atoms with E-state index in [0.29, 0.717) is 19.3 Å². The molecule has 0 rings (SSSR count). The smallest absolute Gasteiger partial charge is 0.306 e. The van der Waals surface area contributed by atoms with Gasteiger partial charge in [-0.1, -0.05) is 328 Å². The Balaban J connectivity index is 3.83. The third-order valence-corrected chi connectivity index (χ3v) is 15.2. The fraction of sp³-hybridized carbons (Fsp3) is 0.897. The molecular formula is C68H128O6. The summed E-state index contributed by atoms with van der Waals surface area (Å²) in [6.07, 6.45) is 77.0. The van der Waals surface area contributed by atoms with Crippen molar-refractivity contribution in [3.05, 3.63) is 24.3 Å². The fourth-order valence-electron chi connectivity index (χ4n) is 10.2. The maximum Gasteiger partial charge on any atom is 0.306 e. The van der Waals surface area contributed by atoms with Gasteiger partial charge in [0.15, 0.2) is 6.10 Å². The Hall–Kier alpha value is -2.11. The Morgan fingerprint density at radius 1 is 0.270 bits per heavy atom. The molecule has 0 spiro atoms. The molecule has 0 bridgehead atoms. The van der Waals surface area contributed by atoms with Gasteiger partial charge in [0.05, 0.1) is 0 Å². The maximum atomic E-state index is 12.8. The molecule has 0 heterocycles. The molecule has 0 aliphatic rings. The van der Waals surface area contributed by atoms with Crippen LogP contribution < -0.4 is 0 Å². The highest BCUT2D eigenvalue weighted by Gasteiger charge is 2.19. The predicted octanol–water partition coefficient (Wildman–Crippen LogP) is 22.6. The largest absolute Gasteiger partial charge is 0.462 e. The van der Waals surface area contributed by atoms with Gasteiger partial charge >= 0.3 is 17.9 Å². The highest BCUT2D eigenvalue weighted by molar-refractivity contribution is 5.71. The molecule has 0 fully saturated rings. The summed E-state index contributed by atoms with van der Waals surface area (Å²) in [5.41, 5.74) is 0. The molecule has 6 heteroatoms. The third-order valence-electron chi connectivity index (χ3n) is 15.2. The summed E-state index contributed by atoms with van der Waals surface area (Å²) in [6.45, 7) is 6.58. The molecule has 0 amide bonds. The lowest BCUT2D eigenvalue weighted by molar-refractivity contribution is -0.167. The summed E-state index contributed by atoms with van der Waals surface area (Å²) in [6, 6.07) is 0. The molecular weight excluding hydrogens is 913 g/mol. The molecule has 1 atom stereocenters. The van der Waals surface area contributed by atoms with Gasteiger partial charge < -0.3 is 14.2 Å². The second kappa shape index (κ2) is 63.4. The molecule has 0 aliphatic carbocycles. The first-order valence-electron chi connectivity index (χ1n) is 33.3. The first-order chi connectivity index (χ1) is 36.5. The maximum absolute atomic E-state index is 12.8. The molecule has 0 aromatic carbocycles. The number of carbonyl (C=O) groups excluding carboxylic acids is 3. The molecule has 74 heavy (non-hydrogen) atoms. The summed E-state index contributed by atoms with van der Waals surface area (Å²) in [4.78, 5) is 37.8. The minimum Gasteiger partial charge on any atom is -0.462 e. The standard InChI is InChI=1S/C68H128O6/c1-4-7-10-13-15-17-19-21-23-25-26-27-28-29-30-31-32-33-34-35-36-37-38-39-40-41-42-43-45-46-48-50-52-55-58-61-67(70)73-64-65(63-72-66(69)60-57-54-12-9-6-3)74-68(71)62-59-56-53-51-49-47-44-24-22-20-18-16-14-11-8-5-2/h18,20,24,44,65H,4-17,19,21-23,25-43,45-64H2,1-3H3/b20-18-,44-24-. The summed E-state index contributed by atoms with van der Waals surface area (Å²) in [5, 5.41) is 0. The number of carbonyl (C=O) groups is 3. The minimum atomic E-state index is -0.772. The van der Waals surface area contributed by atoms with Crippen molar-refractivity contribution in [2.24, 2.45) is 0 Å². The van der Waals surface area contributed by atoms with Crippen molar-refractivity contribution in [2.75, 3.05) is 13.2 Å². The van der Waals surface area contributed by atoms with Gasteiger partial charge in [-0.2, -0.15) is 0 Å². The monoisotopic (exact) mass is 1040 g/mol. The highest BCUT2D eigenvalue weighted by Crippen LogP contribution is 2.19. The zero-order chi connectivity index (χ0) is 53.6. The van der Waals surface area contributed by atoms with Crippen molar-refractivity contribution >= 4 is 17.9 Å². The Morgan fingerprint density at radius 2 is 0.486 bits per heavy atom. The second-order valence-electron chi connectivity index (χ2n) is 22.7. The van der Waals surface area contributed by atoms with Gasteiger partial charge in [0.1, 0.15) is 13.2 Å². The van der Waals surface area contributed by atoms with Gasteiger partial charge in [-0.05, 0) is 51.4 Å².